The van der Waals surface area contributed by atoms with E-state index in [2.05, 4.69) is 40.2 Å². The maximum absolute atomic E-state index is 4.03. The second kappa shape index (κ2) is 5.98. The molecule has 0 aliphatic rings. The zero-order chi connectivity index (χ0) is 12.1. The lowest BCUT2D eigenvalue weighted by Crippen LogP contribution is -2.20. The average Bonchev–Trinajstić information content (AvgIpc) is 2.95. The van der Waals surface area contributed by atoms with Gasteiger partial charge < -0.3 is 9.88 Å². The van der Waals surface area contributed by atoms with Crippen LogP contribution in [0.25, 0.3) is 0 Å². The highest BCUT2D eigenvalue weighted by Crippen LogP contribution is 2.23. The van der Waals surface area contributed by atoms with Crippen LogP contribution < -0.4 is 5.32 Å². The van der Waals surface area contributed by atoms with Gasteiger partial charge in [-0.2, -0.15) is 0 Å². The van der Waals surface area contributed by atoms with Gasteiger partial charge in [0.15, 0.2) is 0 Å². The molecule has 1 N–H and O–H groups in total. The molecule has 2 aromatic heterocycles. The third kappa shape index (κ3) is 3.41. The Labute approximate surface area is 107 Å². The number of thiophene rings is 1. The molecule has 0 amide bonds. The van der Waals surface area contributed by atoms with Gasteiger partial charge in [-0.25, -0.2) is 4.98 Å². The quantitative estimate of drug-likeness (QED) is 0.798. The Morgan fingerprint density at radius 1 is 1.53 bits per heavy atom. The molecule has 0 radical (unpaired) electrons. The first-order valence-electron chi connectivity index (χ1n) is 6.00. The Hall–Kier alpha value is -1.13. The van der Waals surface area contributed by atoms with Crippen molar-refractivity contribution in [3.05, 3.63) is 40.6 Å². The van der Waals surface area contributed by atoms with Crippen LogP contribution in [0.4, 0.5) is 0 Å². The molecule has 0 spiro atoms. The lowest BCUT2D eigenvalue weighted by atomic mass is 10.2. The lowest BCUT2D eigenvalue weighted by Gasteiger charge is -2.13. The first-order chi connectivity index (χ1) is 8.27. The molecular formula is C13H19N3S. The van der Waals surface area contributed by atoms with Crippen LogP contribution in [0.15, 0.2) is 30.2 Å². The zero-order valence-corrected chi connectivity index (χ0v) is 11.2. The zero-order valence-electron chi connectivity index (χ0n) is 10.4. The van der Waals surface area contributed by atoms with Gasteiger partial charge in [-0.05, 0) is 43.8 Å². The monoisotopic (exact) mass is 249 g/mol. The topological polar surface area (TPSA) is 29.9 Å². The van der Waals surface area contributed by atoms with Crippen LogP contribution in [-0.4, -0.2) is 16.1 Å². The lowest BCUT2D eigenvalue weighted by molar-refractivity contribution is 0.530. The van der Waals surface area contributed by atoms with Gasteiger partial charge in [0.2, 0.25) is 0 Å². The van der Waals surface area contributed by atoms with Crippen LogP contribution in [0.2, 0.25) is 0 Å². The summed E-state index contributed by atoms with van der Waals surface area (Å²) >= 11 is 1.84. The molecule has 92 valence electrons. The Bertz CT molecular complexity index is 433. The highest BCUT2D eigenvalue weighted by atomic mass is 32.1. The van der Waals surface area contributed by atoms with Crippen molar-refractivity contribution in [2.75, 3.05) is 6.54 Å². The number of nitrogens with one attached hydrogen (secondary N) is 1. The van der Waals surface area contributed by atoms with Crippen molar-refractivity contribution in [1.82, 2.24) is 14.9 Å². The highest BCUT2D eigenvalue weighted by molar-refractivity contribution is 7.10. The highest BCUT2D eigenvalue weighted by Gasteiger charge is 2.08. The molecule has 0 saturated carbocycles. The predicted octanol–water partition coefficient (Wildman–Crippen LogP) is 2.99. The molecule has 2 heterocycles. The fourth-order valence-corrected chi connectivity index (χ4v) is 2.88. The van der Waals surface area contributed by atoms with Gasteiger partial charge in [-0.3, -0.25) is 0 Å². The van der Waals surface area contributed by atoms with E-state index in [4.69, 9.17) is 0 Å². The number of nitrogens with zero attached hydrogens (tertiary/aromatic N) is 2. The summed E-state index contributed by atoms with van der Waals surface area (Å²) in [7, 11) is 0. The number of imidazole rings is 1. The van der Waals surface area contributed by atoms with E-state index in [-0.39, 0.29) is 0 Å². The number of hydrogen-bond donors (Lipinski definition) is 1. The molecule has 0 bridgehead atoms. The summed E-state index contributed by atoms with van der Waals surface area (Å²) in [6, 6.07) is 2.64. The van der Waals surface area contributed by atoms with Crippen LogP contribution in [0.1, 0.15) is 29.8 Å². The summed E-state index contributed by atoms with van der Waals surface area (Å²) in [5.41, 5.74) is 1.39. The van der Waals surface area contributed by atoms with E-state index in [1.165, 1.54) is 10.4 Å². The molecule has 0 saturated heterocycles. The van der Waals surface area contributed by atoms with E-state index in [1.807, 2.05) is 30.1 Å². The molecular weight excluding hydrogens is 230 g/mol. The minimum atomic E-state index is 0.456. The maximum atomic E-state index is 4.03. The van der Waals surface area contributed by atoms with Gasteiger partial charge in [0, 0.05) is 29.9 Å². The summed E-state index contributed by atoms with van der Waals surface area (Å²) in [6.07, 6.45) is 6.83. The Morgan fingerprint density at radius 3 is 3.06 bits per heavy atom. The van der Waals surface area contributed by atoms with Crippen molar-refractivity contribution in [1.29, 1.82) is 0 Å². The van der Waals surface area contributed by atoms with Gasteiger partial charge in [0.25, 0.3) is 0 Å². The summed E-state index contributed by atoms with van der Waals surface area (Å²) in [5.74, 6) is 0. The number of aromatic nitrogens is 2. The average molecular weight is 249 g/mol. The normalized spacial score (nSPS) is 12.8. The Balaban J connectivity index is 1.70. The molecule has 0 aliphatic heterocycles. The summed E-state index contributed by atoms with van der Waals surface area (Å²) < 4.78 is 2.11. The predicted molar refractivity (Wildman–Crippen MR) is 72.3 cm³/mol. The smallest absolute Gasteiger partial charge is 0.0945 e. The van der Waals surface area contributed by atoms with Gasteiger partial charge in [-0.15, -0.1) is 11.3 Å². The van der Waals surface area contributed by atoms with Crippen molar-refractivity contribution in [3.63, 3.8) is 0 Å². The van der Waals surface area contributed by atoms with E-state index >= 15 is 0 Å². The molecule has 2 aromatic rings. The molecule has 17 heavy (non-hydrogen) atoms. The molecule has 2 rings (SSSR count). The van der Waals surface area contributed by atoms with Gasteiger partial charge in [0.05, 0.1) is 6.33 Å². The van der Waals surface area contributed by atoms with E-state index < -0.39 is 0 Å². The number of rotatable bonds is 6. The fraction of sp³-hybridized carbons (Fsp3) is 0.462. The van der Waals surface area contributed by atoms with Crippen LogP contribution in [0, 0.1) is 6.92 Å². The largest absolute Gasteiger partial charge is 0.337 e. The first-order valence-corrected chi connectivity index (χ1v) is 6.88. The minimum Gasteiger partial charge on any atom is -0.337 e. The second-order valence-electron chi connectivity index (χ2n) is 4.30. The fourth-order valence-electron chi connectivity index (χ4n) is 1.92. The third-order valence-electron chi connectivity index (χ3n) is 2.90. The van der Waals surface area contributed by atoms with Crippen LogP contribution >= 0.6 is 11.3 Å². The van der Waals surface area contributed by atoms with Crippen LogP contribution in [0.5, 0.6) is 0 Å². The summed E-state index contributed by atoms with van der Waals surface area (Å²) in [4.78, 5) is 5.48. The first kappa shape index (κ1) is 12.3. The van der Waals surface area contributed by atoms with Gasteiger partial charge in [-0.1, -0.05) is 0 Å². The van der Waals surface area contributed by atoms with E-state index in [1.54, 1.807) is 0 Å². The van der Waals surface area contributed by atoms with Crippen molar-refractivity contribution in [3.8, 4) is 0 Å². The van der Waals surface area contributed by atoms with E-state index in [0.29, 0.717) is 6.04 Å². The minimum absolute atomic E-state index is 0.456. The van der Waals surface area contributed by atoms with Crippen molar-refractivity contribution < 1.29 is 0 Å². The molecule has 3 nitrogen and oxygen atoms in total. The van der Waals surface area contributed by atoms with E-state index in [9.17, 15) is 0 Å². The summed E-state index contributed by atoms with van der Waals surface area (Å²) in [6.45, 7) is 6.48. The molecule has 0 aliphatic carbocycles. The van der Waals surface area contributed by atoms with Crippen molar-refractivity contribution >= 4 is 11.3 Å². The van der Waals surface area contributed by atoms with Crippen LogP contribution in [-0.2, 0) is 6.54 Å². The van der Waals surface area contributed by atoms with Gasteiger partial charge >= 0.3 is 0 Å². The number of aryl methyl sites for hydroxylation is 2. The molecule has 0 aromatic carbocycles. The molecule has 0 fully saturated rings. The number of hydrogen-bond acceptors (Lipinski definition) is 3. The van der Waals surface area contributed by atoms with Gasteiger partial charge in [0.1, 0.15) is 0 Å². The Morgan fingerprint density at radius 2 is 2.41 bits per heavy atom. The maximum Gasteiger partial charge on any atom is 0.0945 e. The molecule has 4 heteroatoms. The van der Waals surface area contributed by atoms with E-state index in [0.717, 1.165) is 19.5 Å². The Kier molecular flexibility index (Phi) is 4.34. The SMILES string of the molecule is Cc1ccsc1C(C)NCCCn1ccnc1. The van der Waals surface area contributed by atoms with Crippen molar-refractivity contribution in [2.24, 2.45) is 0 Å². The molecule has 1 unspecified atom stereocenters. The molecule has 1 atom stereocenters. The van der Waals surface area contributed by atoms with Crippen molar-refractivity contribution in [2.45, 2.75) is 32.9 Å². The third-order valence-corrected chi connectivity index (χ3v) is 4.10. The standard InChI is InChI=1S/C13H19N3S/c1-11-4-9-17-13(11)12(2)15-5-3-7-16-8-6-14-10-16/h4,6,8-10,12,15H,3,5,7H2,1-2H3. The summed E-state index contributed by atoms with van der Waals surface area (Å²) in [5, 5.41) is 5.73. The second-order valence-corrected chi connectivity index (χ2v) is 5.25. The van der Waals surface area contributed by atoms with Crippen LogP contribution in [0.3, 0.4) is 0 Å².